The van der Waals surface area contributed by atoms with Crippen molar-refractivity contribution >= 4 is 17.3 Å². The second-order valence-electron chi connectivity index (χ2n) is 7.31. The molecule has 2 heterocycles. The van der Waals surface area contributed by atoms with Crippen LogP contribution in [0, 0.1) is 0 Å². The molecule has 0 bridgehead atoms. The van der Waals surface area contributed by atoms with Gasteiger partial charge in [0.1, 0.15) is 5.82 Å². The van der Waals surface area contributed by atoms with Gasteiger partial charge in [-0.15, -0.1) is 0 Å². The molecule has 1 aromatic heterocycles. The van der Waals surface area contributed by atoms with E-state index >= 15 is 0 Å². The first-order chi connectivity index (χ1) is 13.6. The minimum atomic E-state index is 0.107. The molecule has 28 heavy (non-hydrogen) atoms. The number of ether oxygens (including phenoxy) is 1. The van der Waals surface area contributed by atoms with E-state index in [4.69, 9.17) is 16.3 Å². The van der Waals surface area contributed by atoms with E-state index in [1.165, 1.54) is 11.3 Å². The summed E-state index contributed by atoms with van der Waals surface area (Å²) in [4.78, 5) is 12.7. The van der Waals surface area contributed by atoms with Crippen LogP contribution in [0.25, 0.3) is 11.3 Å². The summed E-state index contributed by atoms with van der Waals surface area (Å²) in [6, 6.07) is 16.6. The topological polar surface area (TPSA) is 44.4 Å². The Morgan fingerprint density at radius 3 is 2.79 bits per heavy atom. The minimum absolute atomic E-state index is 0.107. The van der Waals surface area contributed by atoms with Crippen molar-refractivity contribution in [3.63, 3.8) is 0 Å². The van der Waals surface area contributed by atoms with Crippen molar-refractivity contribution in [3.8, 4) is 11.3 Å². The molecule has 3 aromatic rings. The highest BCUT2D eigenvalue weighted by Crippen LogP contribution is 2.27. The van der Waals surface area contributed by atoms with Gasteiger partial charge in [-0.1, -0.05) is 35.9 Å². The Morgan fingerprint density at radius 1 is 1.21 bits per heavy atom. The van der Waals surface area contributed by atoms with Crippen molar-refractivity contribution in [2.75, 3.05) is 38.8 Å². The fourth-order valence-electron chi connectivity index (χ4n) is 3.52. The first kappa shape index (κ1) is 19.0. The average Bonchev–Trinajstić information content (AvgIpc) is 3.19. The predicted molar refractivity (Wildman–Crippen MR) is 114 cm³/mol. The Morgan fingerprint density at radius 2 is 2.04 bits per heavy atom. The largest absolute Gasteiger partial charge is 0.378 e. The number of H-pyrrole nitrogens is 1. The van der Waals surface area contributed by atoms with Gasteiger partial charge in [0.15, 0.2) is 0 Å². The monoisotopic (exact) mass is 396 g/mol. The molecular weight excluding hydrogens is 372 g/mol. The lowest BCUT2D eigenvalue weighted by molar-refractivity contribution is -0.0156. The van der Waals surface area contributed by atoms with E-state index in [1.54, 1.807) is 0 Å². The summed E-state index contributed by atoms with van der Waals surface area (Å²) in [5, 5.41) is 0.720. The number of imidazole rings is 1. The lowest BCUT2D eigenvalue weighted by Crippen LogP contribution is -2.39. The number of halogens is 1. The Labute approximate surface area is 170 Å². The van der Waals surface area contributed by atoms with Gasteiger partial charge in [-0.05, 0) is 29.8 Å². The van der Waals surface area contributed by atoms with E-state index < -0.39 is 0 Å². The van der Waals surface area contributed by atoms with E-state index in [9.17, 15) is 0 Å². The number of anilines is 1. The first-order valence-corrected chi connectivity index (χ1v) is 9.87. The van der Waals surface area contributed by atoms with Crippen molar-refractivity contribution < 1.29 is 4.74 Å². The quantitative estimate of drug-likeness (QED) is 0.695. The molecular formula is C22H25ClN4O. The van der Waals surface area contributed by atoms with Gasteiger partial charge in [-0.2, -0.15) is 0 Å². The number of hydrogen-bond donors (Lipinski definition) is 1. The number of aromatic amines is 1. The summed E-state index contributed by atoms with van der Waals surface area (Å²) in [5.41, 5.74) is 4.51. The van der Waals surface area contributed by atoms with Gasteiger partial charge < -0.3 is 14.6 Å². The van der Waals surface area contributed by atoms with Crippen LogP contribution in [0.4, 0.5) is 5.69 Å². The number of morpholine rings is 1. The van der Waals surface area contributed by atoms with Gasteiger partial charge in [-0.3, -0.25) is 4.90 Å². The molecule has 1 saturated heterocycles. The Bertz CT molecular complexity index is 922. The predicted octanol–water partition coefficient (Wildman–Crippen LogP) is 4.37. The van der Waals surface area contributed by atoms with Crippen LogP contribution < -0.4 is 4.90 Å². The molecule has 5 nitrogen and oxygen atoms in total. The summed E-state index contributed by atoms with van der Waals surface area (Å²) in [7, 11) is 4.11. The summed E-state index contributed by atoms with van der Waals surface area (Å²) >= 11 is 6.13. The van der Waals surface area contributed by atoms with E-state index in [0.29, 0.717) is 6.61 Å². The van der Waals surface area contributed by atoms with Crippen molar-refractivity contribution in [2.24, 2.45) is 0 Å². The van der Waals surface area contributed by atoms with Crippen LogP contribution >= 0.6 is 11.6 Å². The number of rotatable bonds is 5. The zero-order valence-electron chi connectivity index (χ0n) is 16.2. The lowest BCUT2D eigenvalue weighted by Gasteiger charge is -2.34. The molecule has 1 unspecified atom stereocenters. The fourth-order valence-corrected chi connectivity index (χ4v) is 3.71. The van der Waals surface area contributed by atoms with Gasteiger partial charge in [0.2, 0.25) is 0 Å². The third-order valence-electron chi connectivity index (χ3n) is 5.12. The van der Waals surface area contributed by atoms with E-state index in [2.05, 4.69) is 58.1 Å². The molecule has 1 N–H and O–H groups in total. The summed E-state index contributed by atoms with van der Waals surface area (Å²) in [6.45, 7) is 3.13. The van der Waals surface area contributed by atoms with Crippen molar-refractivity contribution in [1.82, 2.24) is 14.9 Å². The van der Waals surface area contributed by atoms with Crippen LogP contribution in [0.5, 0.6) is 0 Å². The second-order valence-corrected chi connectivity index (χ2v) is 7.75. The average molecular weight is 397 g/mol. The normalized spacial score (nSPS) is 17.6. The maximum Gasteiger partial charge on any atom is 0.126 e. The highest BCUT2D eigenvalue weighted by atomic mass is 35.5. The number of aromatic nitrogens is 2. The van der Waals surface area contributed by atoms with Crippen LogP contribution in [-0.2, 0) is 11.3 Å². The molecule has 1 fully saturated rings. The minimum Gasteiger partial charge on any atom is -0.378 e. The van der Waals surface area contributed by atoms with Crippen molar-refractivity contribution in [3.05, 3.63) is 71.1 Å². The molecule has 2 aromatic carbocycles. The van der Waals surface area contributed by atoms with Crippen molar-refractivity contribution in [1.29, 1.82) is 0 Å². The van der Waals surface area contributed by atoms with Crippen LogP contribution in [0.3, 0.4) is 0 Å². The zero-order valence-corrected chi connectivity index (χ0v) is 17.0. The van der Waals surface area contributed by atoms with Gasteiger partial charge in [0.05, 0.1) is 31.1 Å². The molecule has 6 heteroatoms. The van der Waals surface area contributed by atoms with E-state index in [-0.39, 0.29) is 6.04 Å². The summed E-state index contributed by atoms with van der Waals surface area (Å²) in [5.74, 6) is 0.930. The molecule has 4 rings (SSSR count). The van der Waals surface area contributed by atoms with E-state index in [0.717, 1.165) is 41.8 Å². The Balaban J connectivity index is 1.52. The highest BCUT2D eigenvalue weighted by molar-refractivity contribution is 6.30. The molecule has 1 aliphatic rings. The number of nitrogens with one attached hydrogen (secondary N) is 1. The Hall–Kier alpha value is -2.34. The lowest BCUT2D eigenvalue weighted by atomic mass is 10.1. The van der Waals surface area contributed by atoms with Gasteiger partial charge in [0.25, 0.3) is 0 Å². The number of hydrogen-bond acceptors (Lipinski definition) is 4. The highest BCUT2D eigenvalue weighted by Gasteiger charge is 2.27. The maximum absolute atomic E-state index is 6.13. The molecule has 146 valence electrons. The molecule has 0 aliphatic carbocycles. The van der Waals surface area contributed by atoms with Crippen molar-refractivity contribution in [2.45, 2.75) is 12.6 Å². The van der Waals surface area contributed by atoms with Crippen LogP contribution in [0.15, 0.2) is 54.7 Å². The van der Waals surface area contributed by atoms with Gasteiger partial charge in [-0.25, -0.2) is 4.98 Å². The second kappa shape index (κ2) is 8.35. The zero-order chi connectivity index (χ0) is 19.5. The molecule has 0 amide bonds. The SMILES string of the molecule is CN(C)c1ccc(CN2CCOCC2c2ncc(-c3cccc(Cl)c3)[nH]2)cc1. The van der Waals surface area contributed by atoms with Gasteiger partial charge in [0, 0.05) is 43.5 Å². The van der Waals surface area contributed by atoms with Crippen LogP contribution in [-0.4, -0.2) is 48.7 Å². The maximum atomic E-state index is 6.13. The fraction of sp³-hybridized carbons (Fsp3) is 0.318. The van der Waals surface area contributed by atoms with E-state index in [1.807, 2.05) is 30.5 Å². The summed E-state index contributed by atoms with van der Waals surface area (Å²) in [6.07, 6.45) is 1.87. The Kier molecular flexibility index (Phi) is 5.67. The number of nitrogens with zero attached hydrogens (tertiary/aromatic N) is 3. The first-order valence-electron chi connectivity index (χ1n) is 9.49. The molecule has 0 spiro atoms. The smallest absolute Gasteiger partial charge is 0.126 e. The third kappa shape index (κ3) is 4.22. The number of benzene rings is 2. The standard InChI is InChI=1S/C22H25ClN4O/c1-26(2)19-8-6-16(7-9-19)14-27-10-11-28-15-21(27)22-24-13-20(25-22)17-4-3-5-18(23)12-17/h3-9,12-13,21H,10-11,14-15H2,1-2H3,(H,24,25). The third-order valence-corrected chi connectivity index (χ3v) is 5.36. The molecule has 1 atom stereocenters. The molecule has 0 saturated carbocycles. The molecule has 1 aliphatic heterocycles. The van der Waals surface area contributed by atoms with Crippen LogP contribution in [0.1, 0.15) is 17.4 Å². The van der Waals surface area contributed by atoms with Gasteiger partial charge >= 0.3 is 0 Å². The summed E-state index contributed by atoms with van der Waals surface area (Å²) < 4.78 is 5.76. The van der Waals surface area contributed by atoms with Crippen LogP contribution in [0.2, 0.25) is 5.02 Å². The molecule has 0 radical (unpaired) electrons.